The van der Waals surface area contributed by atoms with Crippen LogP contribution in [0.4, 0.5) is 0 Å². The molecule has 0 aliphatic rings. The Hall–Kier alpha value is -1.03. The lowest BCUT2D eigenvalue weighted by atomic mass is 10.0. The topological polar surface area (TPSA) is 46.2 Å². The smallest absolute Gasteiger partial charge is 0.0568 e. The summed E-state index contributed by atoms with van der Waals surface area (Å²) in [5, 5.41) is 12.0. The van der Waals surface area contributed by atoms with Gasteiger partial charge in [0.1, 0.15) is 0 Å². The summed E-state index contributed by atoms with van der Waals surface area (Å²) in [5.41, 5.74) is 6.15. The van der Waals surface area contributed by atoms with Crippen LogP contribution in [0.25, 0.3) is 10.8 Å². The van der Waals surface area contributed by atoms with Gasteiger partial charge in [-0.25, -0.2) is 0 Å². The first-order valence-corrected chi connectivity index (χ1v) is 7.51. The molecule has 0 aliphatic carbocycles. The van der Waals surface area contributed by atoms with Gasteiger partial charge in [0.05, 0.1) is 6.61 Å². The molecule has 0 fully saturated rings. The molecule has 0 aromatic heterocycles. The monoisotopic (exact) mass is 275 g/mol. The molecule has 0 aliphatic heterocycles. The fourth-order valence-corrected chi connectivity index (χ4v) is 3.32. The quantitative estimate of drug-likeness (QED) is 0.823. The Labute approximate surface area is 119 Å². The van der Waals surface area contributed by atoms with Crippen LogP contribution in [-0.2, 0) is 0 Å². The molecule has 0 heterocycles. The molecule has 2 aromatic rings. The lowest BCUT2D eigenvalue weighted by Gasteiger charge is -2.24. The average Bonchev–Trinajstić information content (AvgIpc) is 2.43. The first-order valence-electron chi connectivity index (χ1n) is 6.63. The zero-order valence-corrected chi connectivity index (χ0v) is 12.2. The number of thioether (sulfide) groups is 1. The minimum Gasteiger partial charge on any atom is -0.395 e. The molecular weight excluding hydrogens is 254 g/mol. The van der Waals surface area contributed by atoms with E-state index in [-0.39, 0.29) is 17.9 Å². The van der Waals surface area contributed by atoms with Crippen molar-refractivity contribution in [1.29, 1.82) is 0 Å². The van der Waals surface area contributed by atoms with E-state index in [9.17, 15) is 5.11 Å². The molecule has 102 valence electrons. The Kier molecular flexibility index (Phi) is 4.86. The summed E-state index contributed by atoms with van der Waals surface area (Å²) in [4.78, 5) is 1.16. The Balaban J connectivity index is 2.19. The van der Waals surface area contributed by atoms with Crippen molar-refractivity contribution < 1.29 is 5.11 Å². The van der Waals surface area contributed by atoms with E-state index >= 15 is 0 Å². The summed E-state index contributed by atoms with van der Waals surface area (Å²) in [5.74, 6) is 0.366. The first kappa shape index (κ1) is 14.4. The molecule has 0 amide bonds. The van der Waals surface area contributed by atoms with Gasteiger partial charge >= 0.3 is 0 Å². The van der Waals surface area contributed by atoms with Crippen molar-refractivity contribution in [2.24, 2.45) is 11.7 Å². The van der Waals surface area contributed by atoms with Crippen molar-refractivity contribution in [3.05, 3.63) is 42.5 Å². The zero-order chi connectivity index (χ0) is 13.8. The standard InChI is InChI=1S/C16H21NOS/c1-11(2)16(17)15(10-18)19-14-8-7-12-5-3-4-6-13(12)9-14/h3-9,11,15-16,18H,10,17H2,1-2H3. The summed E-state index contributed by atoms with van der Waals surface area (Å²) < 4.78 is 0. The fourth-order valence-electron chi connectivity index (χ4n) is 2.08. The van der Waals surface area contributed by atoms with E-state index < -0.39 is 0 Å². The van der Waals surface area contributed by atoms with Crippen LogP contribution in [0.1, 0.15) is 13.8 Å². The van der Waals surface area contributed by atoms with Crippen LogP contribution in [0.15, 0.2) is 47.4 Å². The van der Waals surface area contributed by atoms with Gasteiger partial charge in [0.15, 0.2) is 0 Å². The molecule has 3 N–H and O–H groups in total. The van der Waals surface area contributed by atoms with Gasteiger partial charge in [0.25, 0.3) is 0 Å². The molecule has 3 heteroatoms. The van der Waals surface area contributed by atoms with Crippen molar-refractivity contribution in [3.63, 3.8) is 0 Å². The normalized spacial score (nSPS) is 14.8. The average molecular weight is 275 g/mol. The van der Waals surface area contributed by atoms with Gasteiger partial charge in [-0.05, 0) is 28.8 Å². The number of hydrogen-bond donors (Lipinski definition) is 2. The Morgan fingerprint density at radius 3 is 2.42 bits per heavy atom. The number of nitrogens with two attached hydrogens (primary N) is 1. The number of fused-ring (bicyclic) bond motifs is 1. The van der Waals surface area contributed by atoms with E-state index in [1.807, 2.05) is 12.1 Å². The number of aliphatic hydroxyl groups is 1. The third-order valence-corrected chi connectivity index (χ3v) is 4.68. The second-order valence-corrected chi connectivity index (χ2v) is 6.48. The second kappa shape index (κ2) is 6.42. The molecule has 2 rings (SSSR count). The zero-order valence-electron chi connectivity index (χ0n) is 11.4. The molecule has 2 atom stereocenters. The highest BCUT2D eigenvalue weighted by molar-refractivity contribution is 8.00. The number of aliphatic hydroxyl groups excluding tert-OH is 1. The predicted octanol–water partition coefficient (Wildman–Crippen LogP) is 3.28. The predicted molar refractivity (Wildman–Crippen MR) is 83.5 cm³/mol. The Bertz CT molecular complexity index is 541. The van der Waals surface area contributed by atoms with Gasteiger partial charge in [0.2, 0.25) is 0 Å². The van der Waals surface area contributed by atoms with Crippen LogP contribution in [-0.4, -0.2) is 23.0 Å². The van der Waals surface area contributed by atoms with Crippen molar-refractivity contribution in [2.75, 3.05) is 6.61 Å². The van der Waals surface area contributed by atoms with Gasteiger partial charge in [-0.3, -0.25) is 0 Å². The van der Waals surface area contributed by atoms with E-state index in [0.29, 0.717) is 5.92 Å². The molecule has 2 unspecified atom stereocenters. The highest BCUT2D eigenvalue weighted by atomic mass is 32.2. The molecule has 0 saturated heterocycles. The van der Waals surface area contributed by atoms with Crippen LogP contribution < -0.4 is 5.73 Å². The highest BCUT2D eigenvalue weighted by Crippen LogP contribution is 2.29. The third kappa shape index (κ3) is 3.50. The highest BCUT2D eigenvalue weighted by Gasteiger charge is 2.21. The maximum Gasteiger partial charge on any atom is 0.0568 e. The molecule has 0 bridgehead atoms. The minimum atomic E-state index is 0.00136. The lowest BCUT2D eigenvalue weighted by molar-refractivity contribution is 0.269. The van der Waals surface area contributed by atoms with Gasteiger partial charge in [0, 0.05) is 16.2 Å². The molecule has 2 aromatic carbocycles. The van der Waals surface area contributed by atoms with Crippen LogP contribution in [0.5, 0.6) is 0 Å². The SMILES string of the molecule is CC(C)C(N)C(CO)Sc1ccc2ccccc2c1. The van der Waals surface area contributed by atoms with Crippen molar-refractivity contribution in [1.82, 2.24) is 0 Å². The van der Waals surface area contributed by atoms with E-state index in [0.717, 1.165) is 4.90 Å². The van der Waals surface area contributed by atoms with Crippen LogP contribution in [0, 0.1) is 5.92 Å². The summed E-state index contributed by atoms with van der Waals surface area (Å²) in [7, 11) is 0. The van der Waals surface area contributed by atoms with E-state index in [2.05, 4.69) is 44.2 Å². The summed E-state index contributed by atoms with van der Waals surface area (Å²) in [6.07, 6.45) is 0. The van der Waals surface area contributed by atoms with Crippen LogP contribution in [0.3, 0.4) is 0 Å². The maximum atomic E-state index is 9.52. The second-order valence-electron chi connectivity index (χ2n) is 5.17. The van der Waals surface area contributed by atoms with Crippen molar-refractivity contribution in [2.45, 2.75) is 30.0 Å². The van der Waals surface area contributed by atoms with Gasteiger partial charge in [-0.15, -0.1) is 11.8 Å². The molecule has 2 nitrogen and oxygen atoms in total. The number of rotatable bonds is 5. The van der Waals surface area contributed by atoms with Gasteiger partial charge in [-0.2, -0.15) is 0 Å². The van der Waals surface area contributed by atoms with E-state index in [1.165, 1.54) is 10.8 Å². The van der Waals surface area contributed by atoms with Crippen LogP contribution in [0.2, 0.25) is 0 Å². The molecular formula is C16H21NOS. The fraction of sp³-hybridized carbons (Fsp3) is 0.375. The minimum absolute atomic E-state index is 0.00136. The molecule has 0 saturated carbocycles. The van der Waals surface area contributed by atoms with E-state index in [1.54, 1.807) is 11.8 Å². The Morgan fingerprint density at radius 1 is 1.11 bits per heavy atom. The largest absolute Gasteiger partial charge is 0.395 e. The first-order chi connectivity index (χ1) is 9.11. The van der Waals surface area contributed by atoms with E-state index in [4.69, 9.17) is 5.73 Å². The maximum absolute atomic E-state index is 9.52. The Morgan fingerprint density at radius 2 is 1.79 bits per heavy atom. The third-order valence-electron chi connectivity index (χ3n) is 3.39. The molecule has 0 radical (unpaired) electrons. The van der Waals surface area contributed by atoms with Crippen molar-refractivity contribution >= 4 is 22.5 Å². The number of hydrogen-bond acceptors (Lipinski definition) is 3. The summed E-state index contributed by atoms with van der Waals surface area (Å²) in [6.45, 7) is 4.29. The lowest BCUT2D eigenvalue weighted by Crippen LogP contribution is -2.39. The molecule has 19 heavy (non-hydrogen) atoms. The summed E-state index contributed by atoms with van der Waals surface area (Å²) in [6, 6.07) is 14.7. The van der Waals surface area contributed by atoms with Crippen molar-refractivity contribution in [3.8, 4) is 0 Å². The summed E-state index contributed by atoms with van der Waals surface area (Å²) >= 11 is 1.66. The van der Waals surface area contributed by atoms with Crippen LogP contribution >= 0.6 is 11.8 Å². The molecule has 0 spiro atoms. The van der Waals surface area contributed by atoms with Gasteiger partial charge in [-0.1, -0.05) is 44.2 Å². The van der Waals surface area contributed by atoms with Gasteiger partial charge < -0.3 is 10.8 Å². The number of benzene rings is 2.